The number of para-hydroxylation sites is 1. The number of anilines is 1. The standard InChI is InChI=1S/C13H18N4O3/c14-16-12-10(5-2-6-11(12)17(19)20)13(18)15-8-7-9-3-1-4-9/h2,5-6,9,16H,1,3-4,7-8,14H2,(H,15,18). The van der Waals surface area contributed by atoms with Gasteiger partial charge in [0.25, 0.3) is 11.6 Å². The Hall–Kier alpha value is -2.15. The molecule has 0 spiro atoms. The van der Waals surface area contributed by atoms with Crippen LogP contribution >= 0.6 is 0 Å². The summed E-state index contributed by atoms with van der Waals surface area (Å²) in [6.07, 6.45) is 4.67. The van der Waals surface area contributed by atoms with Crippen molar-refractivity contribution in [3.8, 4) is 0 Å². The van der Waals surface area contributed by atoms with Gasteiger partial charge in [-0.1, -0.05) is 25.3 Å². The van der Waals surface area contributed by atoms with Gasteiger partial charge in [-0.25, -0.2) is 0 Å². The molecule has 0 aromatic heterocycles. The second-order valence-corrected chi connectivity index (χ2v) is 4.94. The Morgan fingerprint density at radius 1 is 1.45 bits per heavy atom. The van der Waals surface area contributed by atoms with Crippen molar-refractivity contribution in [3.05, 3.63) is 33.9 Å². The number of hydrogen-bond donors (Lipinski definition) is 3. The number of nitrogen functional groups attached to an aromatic ring is 1. The molecule has 7 nitrogen and oxygen atoms in total. The van der Waals surface area contributed by atoms with E-state index in [0.29, 0.717) is 12.5 Å². The van der Waals surface area contributed by atoms with E-state index in [1.54, 1.807) is 0 Å². The Balaban J connectivity index is 2.04. The van der Waals surface area contributed by atoms with E-state index in [0.717, 1.165) is 6.42 Å². The molecule has 1 amide bonds. The highest BCUT2D eigenvalue weighted by Crippen LogP contribution is 2.29. The van der Waals surface area contributed by atoms with Gasteiger partial charge >= 0.3 is 0 Å². The van der Waals surface area contributed by atoms with Crippen molar-refractivity contribution in [2.45, 2.75) is 25.7 Å². The number of nitro groups is 1. The Kier molecular flexibility index (Phi) is 4.52. The lowest BCUT2D eigenvalue weighted by Crippen LogP contribution is -2.28. The summed E-state index contributed by atoms with van der Waals surface area (Å²) in [5.41, 5.74) is 2.27. The highest BCUT2D eigenvalue weighted by Gasteiger charge is 2.21. The number of nitrogens with zero attached hydrogens (tertiary/aromatic N) is 1. The van der Waals surface area contributed by atoms with Crippen molar-refractivity contribution in [1.82, 2.24) is 5.32 Å². The topological polar surface area (TPSA) is 110 Å². The molecule has 1 saturated carbocycles. The Labute approximate surface area is 116 Å². The molecule has 2 rings (SSSR count). The Morgan fingerprint density at radius 2 is 2.20 bits per heavy atom. The minimum atomic E-state index is -0.569. The van der Waals surface area contributed by atoms with E-state index in [2.05, 4.69) is 10.7 Å². The van der Waals surface area contributed by atoms with Crippen molar-refractivity contribution in [2.24, 2.45) is 11.8 Å². The molecule has 1 aromatic rings. The molecule has 108 valence electrons. The largest absolute Gasteiger partial charge is 0.352 e. The monoisotopic (exact) mass is 278 g/mol. The van der Waals surface area contributed by atoms with Gasteiger partial charge in [0.05, 0.1) is 10.5 Å². The first-order chi connectivity index (χ1) is 9.63. The van der Waals surface area contributed by atoms with Gasteiger partial charge < -0.3 is 10.7 Å². The SMILES string of the molecule is NNc1c(C(=O)NCCC2CCC2)cccc1[N+](=O)[O-]. The number of hydrogen-bond acceptors (Lipinski definition) is 5. The van der Waals surface area contributed by atoms with Gasteiger partial charge in [-0.05, 0) is 18.4 Å². The summed E-state index contributed by atoms with van der Waals surface area (Å²) in [5, 5.41) is 13.7. The molecule has 0 unspecified atom stereocenters. The number of nitrogens with two attached hydrogens (primary N) is 1. The molecule has 1 aliphatic rings. The molecule has 1 aromatic carbocycles. The van der Waals surface area contributed by atoms with Crippen LogP contribution in [0.2, 0.25) is 0 Å². The van der Waals surface area contributed by atoms with Crippen LogP contribution in [0.5, 0.6) is 0 Å². The van der Waals surface area contributed by atoms with E-state index >= 15 is 0 Å². The van der Waals surface area contributed by atoms with Crippen LogP contribution in [0.15, 0.2) is 18.2 Å². The average molecular weight is 278 g/mol. The maximum absolute atomic E-state index is 12.1. The normalized spacial score (nSPS) is 14.4. The van der Waals surface area contributed by atoms with Crippen LogP contribution in [0.25, 0.3) is 0 Å². The lowest BCUT2D eigenvalue weighted by Gasteiger charge is -2.25. The van der Waals surface area contributed by atoms with E-state index in [9.17, 15) is 14.9 Å². The van der Waals surface area contributed by atoms with Crippen molar-refractivity contribution in [1.29, 1.82) is 0 Å². The van der Waals surface area contributed by atoms with Crippen LogP contribution < -0.4 is 16.6 Å². The van der Waals surface area contributed by atoms with Crippen LogP contribution in [0.3, 0.4) is 0 Å². The van der Waals surface area contributed by atoms with Gasteiger partial charge in [0.1, 0.15) is 5.69 Å². The zero-order chi connectivity index (χ0) is 14.5. The average Bonchev–Trinajstić information content (AvgIpc) is 2.40. The molecule has 0 atom stereocenters. The van der Waals surface area contributed by atoms with Crippen molar-refractivity contribution in [3.63, 3.8) is 0 Å². The predicted octanol–water partition coefficient (Wildman–Crippen LogP) is 1.80. The van der Waals surface area contributed by atoms with Gasteiger partial charge in [-0.15, -0.1) is 0 Å². The number of carbonyl (C=O) groups excluding carboxylic acids is 1. The molecular formula is C13H18N4O3. The summed E-state index contributed by atoms with van der Waals surface area (Å²) in [6.45, 7) is 0.580. The number of nitro benzene ring substituents is 1. The summed E-state index contributed by atoms with van der Waals surface area (Å²) >= 11 is 0. The van der Waals surface area contributed by atoms with Gasteiger partial charge in [0.15, 0.2) is 0 Å². The highest BCUT2D eigenvalue weighted by atomic mass is 16.6. The third-order valence-corrected chi connectivity index (χ3v) is 3.69. The van der Waals surface area contributed by atoms with Crippen molar-refractivity contribution >= 4 is 17.3 Å². The first-order valence-corrected chi connectivity index (χ1v) is 6.65. The van der Waals surface area contributed by atoms with Crippen molar-refractivity contribution < 1.29 is 9.72 Å². The summed E-state index contributed by atoms with van der Waals surface area (Å²) in [6, 6.07) is 4.29. The minimum Gasteiger partial charge on any atom is -0.352 e. The zero-order valence-electron chi connectivity index (χ0n) is 11.1. The Bertz CT molecular complexity index is 514. The molecule has 1 aliphatic carbocycles. The smallest absolute Gasteiger partial charge is 0.294 e. The fourth-order valence-electron chi connectivity index (χ4n) is 2.30. The van der Waals surface area contributed by atoms with Crippen LogP contribution in [-0.2, 0) is 0 Å². The first kappa shape index (κ1) is 14.3. The number of rotatable bonds is 6. The van der Waals surface area contributed by atoms with Gasteiger partial charge in [0, 0.05) is 12.6 Å². The second kappa shape index (κ2) is 6.33. The first-order valence-electron chi connectivity index (χ1n) is 6.65. The van der Waals surface area contributed by atoms with Gasteiger partial charge in [-0.2, -0.15) is 0 Å². The molecule has 4 N–H and O–H groups in total. The fourth-order valence-corrected chi connectivity index (χ4v) is 2.30. The zero-order valence-corrected chi connectivity index (χ0v) is 11.1. The number of hydrazine groups is 1. The summed E-state index contributed by atoms with van der Waals surface area (Å²) < 4.78 is 0. The summed E-state index contributed by atoms with van der Waals surface area (Å²) in [4.78, 5) is 22.4. The van der Waals surface area contributed by atoms with Crippen molar-refractivity contribution in [2.75, 3.05) is 12.0 Å². The van der Waals surface area contributed by atoms with E-state index in [-0.39, 0.29) is 22.8 Å². The van der Waals surface area contributed by atoms with Gasteiger partial charge in [-0.3, -0.25) is 20.8 Å². The van der Waals surface area contributed by atoms with Gasteiger partial charge in [0.2, 0.25) is 0 Å². The predicted molar refractivity (Wildman–Crippen MR) is 75.2 cm³/mol. The second-order valence-electron chi connectivity index (χ2n) is 4.94. The summed E-state index contributed by atoms with van der Waals surface area (Å²) in [7, 11) is 0. The maximum Gasteiger partial charge on any atom is 0.294 e. The molecule has 0 bridgehead atoms. The van der Waals surface area contributed by atoms with E-state index < -0.39 is 4.92 Å². The van der Waals surface area contributed by atoms with Crippen LogP contribution in [-0.4, -0.2) is 17.4 Å². The number of benzene rings is 1. The van der Waals surface area contributed by atoms with Crippen LogP contribution in [0.1, 0.15) is 36.0 Å². The quantitative estimate of drug-likeness (QED) is 0.417. The number of amides is 1. The summed E-state index contributed by atoms with van der Waals surface area (Å²) in [5.74, 6) is 5.66. The molecular weight excluding hydrogens is 260 g/mol. The highest BCUT2D eigenvalue weighted by molar-refractivity contribution is 6.01. The molecule has 0 saturated heterocycles. The number of nitrogens with one attached hydrogen (secondary N) is 2. The lowest BCUT2D eigenvalue weighted by molar-refractivity contribution is -0.384. The molecule has 0 aliphatic heterocycles. The van der Waals surface area contributed by atoms with Crippen LogP contribution in [0.4, 0.5) is 11.4 Å². The molecule has 20 heavy (non-hydrogen) atoms. The van der Waals surface area contributed by atoms with Crippen LogP contribution in [0, 0.1) is 16.0 Å². The minimum absolute atomic E-state index is 0.0404. The van der Waals surface area contributed by atoms with E-state index in [1.165, 1.54) is 37.5 Å². The maximum atomic E-state index is 12.1. The van der Waals surface area contributed by atoms with E-state index in [1.807, 2.05) is 0 Å². The third-order valence-electron chi connectivity index (χ3n) is 3.69. The molecule has 1 fully saturated rings. The number of carbonyl (C=O) groups is 1. The molecule has 0 radical (unpaired) electrons. The lowest BCUT2D eigenvalue weighted by atomic mass is 9.83. The molecule has 0 heterocycles. The Morgan fingerprint density at radius 3 is 2.75 bits per heavy atom. The fraction of sp³-hybridized carbons (Fsp3) is 0.462. The third kappa shape index (κ3) is 3.05. The molecule has 7 heteroatoms. The van der Waals surface area contributed by atoms with E-state index in [4.69, 9.17) is 5.84 Å².